The number of nitrogens with zero attached hydrogens (tertiary/aromatic N) is 1. The number of anilines is 1. The first-order valence-electron chi connectivity index (χ1n) is 7.07. The van der Waals surface area contributed by atoms with E-state index in [-0.39, 0.29) is 11.8 Å². The third-order valence-corrected chi connectivity index (χ3v) is 4.95. The Labute approximate surface area is 119 Å². The van der Waals surface area contributed by atoms with Gasteiger partial charge in [-0.15, -0.1) is 11.3 Å². The quantitative estimate of drug-likeness (QED) is 0.893. The predicted octanol–water partition coefficient (Wildman–Crippen LogP) is 3.89. The standard InChI is InChI=1S/C15H24N2OS/c1-9(2)13(18)17-14-16-11-7-6-10(15(3,4)5)8-12(11)19-14/h9-10H,6-8H2,1-5H3,(H,16,17,18)/t10-/m1/s1. The van der Waals surface area contributed by atoms with Crippen LogP contribution in [0.3, 0.4) is 0 Å². The molecule has 0 spiro atoms. The molecule has 1 amide bonds. The van der Waals surface area contributed by atoms with Crippen LogP contribution in [0.15, 0.2) is 0 Å². The minimum absolute atomic E-state index is 0.00301. The van der Waals surface area contributed by atoms with Crippen LogP contribution in [0.5, 0.6) is 0 Å². The molecule has 1 atom stereocenters. The highest BCUT2D eigenvalue weighted by Crippen LogP contribution is 2.40. The fourth-order valence-electron chi connectivity index (χ4n) is 2.42. The van der Waals surface area contributed by atoms with Gasteiger partial charge in [-0.25, -0.2) is 4.98 Å². The Bertz CT molecular complexity index is 471. The molecule has 0 aliphatic heterocycles. The van der Waals surface area contributed by atoms with Gasteiger partial charge in [0.05, 0.1) is 5.69 Å². The number of aromatic nitrogens is 1. The molecule has 1 heterocycles. The number of hydrogen-bond donors (Lipinski definition) is 1. The molecule has 0 bridgehead atoms. The summed E-state index contributed by atoms with van der Waals surface area (Å²) in [6.45, 7) is 10.7. The van der Waals surface area contributed by atoms with E-state index in [1.54, 1.807) is 11.3 Å². The Morgan fingerprint density at radius 2 is 2.11 bits per heavy atom. The SMILES string of the molecule is CC(C)C(=O)Nc1nc2c(s1)C[C@H](C(C)(C)C)CC2. The van der Waals surface area contributed by atoms with Crippen LogP contribution in [0.2, 0.25) is 0 Å². The Morgan fingerprint density at radius 3 is 2.68 bits per heavy atom. The van der Waals surface area contributed by atoms with E-state index in [1.807, 2.05) is 13.8 Å². The number of carbonyl (C=O) groups excluding carboxylic acids is 1. The van der Waals surface area contributed by atoms with Crippen LogP contribution in [0.4, 0.5) is 5.13 Å². The molecule has 0 fully saturated rings. The number of amides is 1. The topological polar surface area (TPSA) is 42.0 Å². The van der Waals surface area contributed by atoms with Gasteiger partial charge in [0.15, 0.2) is 5.13 Å². The highest BCUT2D eigenvalue weighted by atomic mass is 32.1. The van der Waals surface area contributed by atoms with Crippen molar-refractivity contribution in [3.05, 3.63) is 10.6 Å². The number of aryl methyl sites for hydroxylation is 1. The van der Waals surface area contributed by atoms with Gasteiger partial charge < -0.3 is 5.32 Å². The van der Waals surface area contributed by atoms with Gasteiger partial charge in [-0.2, -0.15) is 0 Å². The number of fused-ring (bicyclic) bond motifs is 1. The van der Waals surface area contributed by atoms with E-state index < -0.39 is 0 Å². The first-order chi connectivity index (χ1) is 8.77. The number of hydrogen-bond acceptors (Lipinski definition) is 3. The molecule has 1 N–H and O–H groups in total. The van der Waals surface area contributed by atoms with Crippen molar-refractivity contribution in [1.82, 2.24) is 4.98 Å². The maximum absolute atomic E-state index is 11.7. The Morgan fingerprint density at radius 1 is 1.42 bits per heavy atom. The van der Waals surface area contributed by atoms with Crippen LogP contribution >= 0.6 is 11.3 Å². The normalized spacial score (nSPS) is 19.4. The van der Waals surface area contributed by atoms with Gasteiger partial charge in [0.2, 0.25) is 5.91 Å². The third-order valence-electron chi connectivity index (χ3n) is 3.92. The third kappa shape index (κ3) is 3.35. The van der Waals surface area contributed by atoms with Gasteiger partial charge in [-0.3, -0.25) is 4.79 Å². The van der Waals surface area contributed by atoms with Gasteiger partial charge in [-0.05, 0) is 30.6 Å². The van der Waals surface area contributed by atoms with Crippen molar-refractivity contribution >= 4 is 22.4 Å². The average molecular weight is 280 g/mol. The Kier molecular flexibility index (Phi) is 4.00. The average Bonchev–Trinajstić information content (AvgIpc) is 2.68. The van der Waals surface area contributed by atoms with E-state index in [1.165, 1.54) is 17.0 Å². The summed E-state index contributed by atoms with van der Waals surface area (Å²) < 4.78 is 0. The number of thiazole rings is 1. The van der Waals surface area contributed by atoms with Crippen molar-refractivity contribution in [1.29, 1.82) is 0 Å². The van der Waals surface area contributed by atoms with E-state index in [0.29, 0.717) is 11.3 Å². The van der Waals surface area contributed by atoms with Crippen molar-refractivity contribution in [3.8, 4) is 0 Å². The smallest absolute Gasteiger partial charge is 0.228 e. The van der Waals surface area contributed by atoms with Gasteiger partial charge in [-0.1, -0.05) is 34.6 Å². The maximum atomic E-state index is 11.7. The minimum atomic E-state index is 0.00301. The fourth-order valence-corrected chi connectivity index (χ4v) is 3.51. The molecule has 1 aromatic heterocycles. The van der Waals surface area contributed by atoms with E-state index in [2.05, 4.69) is 31.1 Å². The predicted molar refractivity (Wildman–Crippen MR) is 80.6 cm³/mol. The summed E-state index contributed by atoms with van der Waals surface area (Å²) in [6, 6.07) is 0. The summed E-state index contributed by atoms with van der Waals surface area (Å²) in [6.07, 6.45) is 3.36. The lowest BCUT2D eigenvalue weighted by Gasteiger charge is -2.33. The van der Waals surface area contributed by atoms with E-state index in [9.17, 15) is 4.79 Å². The Balaban J connectivity index is 2.10. The summed E-state index contributed by atoms with van der Waals surface area (Å²) in [5.41, 5.74) is 1.55. The molecule has 0 saturated heterocycles. The minimum Gasteiger partial charge on any atom is -0.302 e. The van der Waals surface area contributed by atoms with Crippen LogP contribution in [-0.4, -0.2) is 10.9 Å². The molecular weight excluding hydrogens is 256 g/mol. The summed E-state index contributed by atoms with van der Waals surface area (Å²) >= 11 is 1.66. The summed E-state index contributed by atoms with van der Waals surface area (Å²) in [5.74, 6) is 0.774. The summed E-state index contributed by atoms with van der Waals surface area (Å²) in [5, 5.41) is 3.70. The van der Waals surface area contributed by atoms with E-state index in [4.69, 9.17) is 0 Å². The van der Waals surface area contributed by atoms with Crippen LogP contribution in [0, 0.1) is 17.3 Å². The number of carbonyl (C=O) groups is 1. The first-order valence-corrected chi connectivity index (χ1v) is 7.88. The van der Waals surface area contributed by atoms with Crippen LogP contribution in [-0.2, 0) is 17.6 Å². The highest BCUT2D eigenvalue weighted by Gasteiger charge is 2.30. The summed E-state index contributed by atoms with van der Waals surface area (Å²) in [7, 11) is 0. The molecule has 1 aliphatic rings. The molecule has 106 valence electrons. The van der Waals surface area contributed by atoms with Crippen LogP contribution < -0.4 is 5.32 Å². The number of nitrogens with one attached hydrogen (secondary N) is 1. The van der Waals surface area contributed by atoms with Gasteiger partial charge >= 0.3 is 0 Å². The second-order valence-corrected chi connectivity index (χ2v) is 7.92. The second kappa shape index (κ2) is 5.23. The zero-order valence-electron chi connectivity index (χ0n) is 12.5. The zero-order chi connectivity index (χ0) is 14.2. The maximum Gasteiger partial charge on any atom is 0.228 e. The van der Waals surface area contributed by atoms with Crippen molar-refractivity contribution < 1.29 is 4.79 Å². The molecule has 3 nitrogen and oxygen atoms in total. The highest BCUT2D eigenvalue weighted by molar-refractivity contribution is 7.15. The molecule has 0 unspecified atom stereocenters. The van der Waals surface area contributed by atoms with Crippen LogP contribution in [0.25, 0.3) is 0 Å². The molecule has 4 heteroatoms. The molecule has 0 aromatic carbocycles. The van der Waals surface area contributed by atoms with E-state index in [0.717, 1.165) is 18.0 Å². The lowest BCUT2D eigenvalue weighted by Crippen LogP contribution is -2.26. The molecule has 0 radical (unpaired) electrons. The van der Waals surface area contributed by atoms with E-state index >= 15 is 0 Å². The van der Waals surface area contributed by atoms with Gasteiger partial charge in [0, 0.05) is 10.8 Å². The Hall–Kier alpha value is -0.900. The molecule has 19 heavy (non-hydrogen) atoms. The summed E-state index contributed by atoms with van der Waals surface area (Å²) in [4.78, 5) is 17.6. The van der Waals surface area contributed by atoms with Crippen molar-refractivity contribution in [2.24, 2.45) is 17.3 Å². The second-order valence-electron chi connectivity index (χ2n) is 6.84. The van der Waals surface area contributed by atoms with Gasteiger partial charge in [0.25, 0.3) is 0 Å². The molecule has 0 saturated carbocycles. The van der Waals surface area contributed by atoms with Crippen molar-refractivity contribution in [3.63, 3.8) is 0 Å². The zero-order valence-corrected chi connectivity index (χ0v) is 13.4. The van der Waals surface area contributed by atoms with Crippen molar-refractivity contribution in [2.75, 3.05) is 5.32 Å². The molecule has 1 aromatic rings. The van der Waals surface area contributed by atoms with Crippen molar-refractivity contribution in [2.45, 2.75) is 53.9 Å². The molecule has 1 aliphatic carbocycles. The first kappa shape index (κ1) is 14.5. The lowest BCUT2D eigenvalue weighted by molar-refractivity contribution is -0.118. The lowest BCUT2D eigenvalue weighted by atomic mass is 9.73. The molecular formula is C15H24N2OS. The molecule has 2 rings (SSSR count). The number of rotatable bonds is 2. The fraction of sp³-hybridized carbons (Fsp3) is 0.733. The van der Waals surface area contributed by atoms with Crippen LogP contribution in [0.1, 0.15) is 51.6 Å². The largest absolute Gasteiger partial charge is 0.302 e. The monoisotopic (exact) mass is 280 g/mol. The van der Waals surface area contributed by atoms with Gasteiger partial charge in [0.1, 0.15) is 0 Å².